The number of hydrogen-bond donors (Lipinski definition) is 1. The SMILES string of the molecule is [2H]c1nc(N)c([2H])c(C2([2H])C([2H])([2H])N(C(=O)OC(C)(C)C)C([2H])([2H])C([2H])([2H])C2([2H])[2H])c1[2H]. The first-order valence-electron chi connectivity index (χ1n) is 11.8. The van der Waals surface area contributed by atoms with Crippen LogP contribution in [-0.4, -0.2) is 34.6 Å². The average Bonchev–Trinajstić information content (AvgIpc) is 2.56. The Kier molecular flexibility index (Phi) is 1.58. The summed E-state index contributed by atoms with van der Waals surface area (Å²) in [5, 5.41) is 0. The van der Waals surface area contributed by atoms with Gasteiger partial charge in [-0.3, -0.25) is 0 Å². The number of nitrogens with two attached hydrogens (primary N) is 1. The molecule has 0 aromatic carbocycles. The molecular weight excluding hydrogens is 254 g/mol. The van der Waals surface area contributed by atoms with Gasteiger partial charge in [0.25, 0.3) is 0 Å². The van der Waals surface area contributed by atoms with Crippen LogP contribution in [0.3, 0.4) is 0 Å². The Hall–Kier alpha value is -1.78. The van der Waals surface area contributed by atoms with Gasteiger partial charge in [0.05, 0.1) is 6.85 Å². The van der Waals surface area contributed by atoms with E-state index < -0.39 is 73.0 Å². The van der Waals surface area contributed by atoms with Gasteiger partial charge >= 0.3 is 6.09 Å². The van der Waals surface area contributed by atoms with Crippen LogP contribution in [0.5, 0.6) is 0 Å². The van der Waals surface area contributed by atoms with Crippen molar-refractivity contribution < 1.29 is 26.0 Å². The summed E-state index contributed by atoms with van der Waals surface area (Å²) >= 11 is 0. The Bertz CT molecular complexity index is 936. The number of amides is 1. The first-order valence-corrected chi connectivity index (χ1v) is 5.77. The van der Waals surface area contributed by atoms with Crippen molar-refractivity contribution in [3.05, 3.63) is 23.8 Å². The van der Waals surface area contributed by atoms with Gasteiger partial charge in [0.2, 0.25) is 0 Å². The summed E-state index contributed by atoms with van der Waals surface area (Å²) in [4.78, 5) is 15.9. The lowest BCUT2D eigenvalue weighted by molar-refractivity contribution is 0.0198. The number of nitrogens with zero attached hydrogens (tertiary/aromatic N) is 2. The molecule has 1 aromatic rings. The van der Waals surface area contributed by atoms with Crippen LogP contribution in [0.1, 0.15) is 61.4 Å². The average molecular weight is 289 g/mol. The molecule has 1 aliphatic heterocycles. The molecule has 2 heterocycles. The molecule has 0 radical (unpaired) electrons. The molecule has 1 aromatic heterocycles. The van der Waals surface area contributed by atoms with Crippen molar-refractivity contribution in [2.24, 2.45) is 0 Å². The fourth-order valence-electron chi connectivity index (χ4n) is 1.29. The third-order valence-corrected chi connectivity index (χ3v) is 2.02. The van der Waals surface area contributed by atoms with Crippen LogP contribution in [0.2, 0.25) is 0 Å². The number of carbonyl (C=O) groups excluding carboxylic acids is 1. The lowest BCUT2D eigenvalue weighted by Gasteiger charge is -2.34. The standard InChI is InChI=1S/C15H23N3O2/c1-15(2,3)20-14(19)18-8-4-5-12(10-18)11-6-7-17-13(16)9-11/h6-7,9,12H,4-5,8,10H2,1-3H3,(H2,16,17)/i4D2,5D2,6D,7D,8D2,9D,10D2,12D. The molecule has 110 valence electrons. The monoisotopic (exact) mass is 289 g/mol. The lowest BCUT2D eigenvalue weighted by atomic mass is 9.91. The Labute approximate surface area is 137 Å². The van der Waals surface area contributed by atoms with Crippen LogP contribution in [0.15, 0.2) is 18.3 Å². The molecular formula is C15H23N3O2. The van der Waals surface area contributed by atoms with Crippen molar-refractivity contribution in [1.82, 2.24) is 9.88 Å². The Morgan fingerprint density at radius 3 is 3.15 bits per heavy atom. The minimum atomic E-state index is -3.79. The van der Waals surface area contributed by atoms with Gasteiger partial charge < -0.3 is 15.4 Å². The fourth-order valence-corrected chi connectivity index (χ4v) is 1.29. The molecule has 5 heteroatoms. The highest BCUT2D eigenvalue weighted by atomic mass is 16.6. The summed E-state index contributed by atoms with van der Waals surface area (Å²) in [6.07, 6.45) is -10.2. The number of piperidine rings is 1. The van der Waals surface area contributed by atoms with Gasteiger partial charge in [-0.2, -0.15) is 0 Å². The van der Waals surface area contributed by atoms with E-state index in [4.69, 9.17) is 26.9 Å². The van der Waals surface area contributed by atoms with Crippen molar-refractivity contribution in [3.63, 3.8) is 0 Å². The summed E-state index contributed by atoms with van der Waals surface area (Å²) in [6.45, 7) is -3.29. The number of rotatable bonds is 1. The van der Waals surface area contributed by atoms with Crippen LogP contribution in [0.25, 0.3) is 0 Å². The van der Waals surface area contributed by atoms with Crippen LogP contribution >= 0.6 is 0 Å². The molecule has 5 nitrogen and oxygen atoms in total. The summed E-state index contributed by atoms with van der Waals surface area (Å²) in [5.74, 6) is -4.40. The van der Waals surface area contributed by atoms with Gasteiger partial charge in [0.1, 0.15) is 11.4 Å². The third kappa shape index (κ3) is 3.85. The van der Waals surface area contributed by atoms with Gasteiger partial charge in [0, 0.05) is 34.7 Å². The van der Waals surface area contributed by atoms with E-state index in [0.29, 0.717) is 0 Å². The van der Waals surface area contributed by atoms with Crippen molar-refractivity contribution in [3.8, 4) is 0 Å². The summed E-state index contributed by atoms with van der Waals surface area (Å²) in [5.41, 5.74) is 3.08. The van der Waals surface area contributed by atoms with Gasteiger partial charge in [-0.25, -0.2) is 9.78 Å². The zero-order valence-corrected chi connectivity index (χ0v) is 11.3. The molecule has 0 spiro atoms. The first-order chi connectivity index (χ1) is 14.0. The van der Waals surface area contributed by atoms with Crippen LogP contribution < -0.4 is 5.73 Å². The van der Waals surface area contributed by atoms with Crippen molar-refractivity contribution in [1.29, 1.82) is 0 Å². The zero-order valence-electron chi connectivity index (χ0n) is 23.3. The highest BCUT2D eigenvalue weighted by molar-refractivity contribution is 5.68. The third-order valence-electron chi connectivity index (χ3n) is 2.02. The summed E-state index contributed by atoms with van der Waals surface area (Å²) in [7, 11) is 0. The van der Waals surface area contributed by atoms with Crippen LogP contribution in [0.4, 0.5) is 10.6 Å². The minimum Gasteiger partial charge on any atom is -0.444 e. The molecule has 1 saturated heterocycles. The molecule has 1 fully saturated rings. The minimum absolute atomic E-state index is 0.362. The van der Waals surface area contributed by atoms with Gasteiger partial charge in [-0.05, 0) is 51.2 Å². The van der Waals surface area contributed by atoms with E-state index in [9.17, 15) is 4.79 Å². The Morgan fingerprint density at radius 1 is 1.70 bits per heavy atom. The maximum absolute atomic E-state index is 12.9. The fraction of sp³-hybridized carbons (Fsp3) is 0.600. The van der Waals surface area contributed by atoms with E-state index in [1.54, 1.807) is 0 Å². The summed E-state index contributed by atoms with van der Waals surface area (Å²) < 4.78 is 104. The number of nitrogen functional groups attached to an aromatic ring is 1. The predicted molar refractivity (Wildman–Crippen MR) is 78.4 cm³/mol. The molecule has 20 heavy (non-hydrogen) atoms. The number of ether oxygens (including phenoxy) is 1. The zero-order chi connectivity index (χ0) is 25.5. The molecule has 1 unspecified atom stereocenters. The number of hydrogen-bond acceptors (Lipinski definition) is 4. The second-order valence-electron chi connectivity index (χ2n) is 4.90. The van der Waals surface area contributed by atoms with E-state index in [1.807, 2.05) is 0 Å². The van der Waals surface area contributed by atoms with Gasteiger partial charge in [0.15, 0.2) is 0 Å². The van der Waals surface area contributed by atoms with Crippen molar-refractivity contribution >= 4 is 11.9 Å². The number of aromatic nitrogens is 1. The van der Waals surface area contributed by atoms with E-state index in [0.717, 1.165) is 0 Å². The smallest absolute Gasteiger partial charge is 0.410 e. The second-order valence-corrected chi connectivity index (χ2v) is 4.90. The number of pyridine rings is 1. The van der Waals surface area contributed by atoms with Gasteiger partial charge in [-0.15, -0.1) is 0 Å². The van der Waals surface area contributed by atoms with Crippen LogP contribution in [0, 0.1) is 0 Å². The number of carbonyl (C=O) groups is 1. The van der Waals surface area contributed by atoms with Crippen LogP contribution in [-0.2, 0) is 4.74 Å². The molecule has 1 amide bonds. The molecule has 1 atom stereocenters. The maximum atomic E-state index is 12.9. The highest BCUT2D eigenvalue weighted by Crippen LogP contribution is 2.28. The quantitative estimate of drug-likeness (QED) is 0.863. The topological polar surface area (TPSA) is 68.5 Å². The maximum Gasteiger partial charge on any atom is 0.410 e. The summed E-state index contributed by atoms with van der Waals surface area (Å²) in [6, 6.07) is -2.11. The Balaban J connectivity index is 3.03. The molecule has 0 saturated carbocycles. The molecule has 2 rings (SSSR count). The van der Waals surface area contributed by atoms with Gasteiger partial charge in [-0.1, -0.05) is 0 Å². The number of likely N-dealkylation sites (tertiary alicyclic amines) is 1. The van der Waals surface area contributed by atoms with E-state index in [1.165, 1.54) is 20.8 Å². The predicted octanol–water partition coefficient (Wildman–Crippen LogP) is 2.78. The normalized spacial score (nSPS) is 42.2. The molecule has 1 aliphatic rings. The molecule has 0 bridgehead atoms. The molecule has 2 N–H and O–H groups in total. The lowest BCUT2D eigenvalue weighted by Crippen LogP contribution is -2.42. The van der Waals surface area contributed by atoms with Crippen molar-refractivity contribution in [2.45, 2.75) is 45.0 Å². The number of anilines is 1. The molecule has 0 aliphatic carbocycles. The van der Waals surface area contributed by atoms with E-state index in [-0.39, 0.29) is 4.90 Å². The first kappa shape index (κ1) is 5.54. The van der Waals surface area contributed by atoms with E-state index in [2.05, 4.69) is 4.98 Å². The van der Waals surface area contributed by atoms with Crippen molar-refractivity contribution in [2.75, 3.05) is 18.7 Å². The van der Waals surface area contributed by atoms with E-state index >= 15 is 0 Å². The largest absolute Gasteiger partial charge is 0.444 e. The second kappa shape index (κ2) is 5.69. The Morgan fingerprint density at radius 2 is 2.45 bits per heavy atom. The highest BCUT2D eigenvalue weighted by Gasteiger charge is 2.28.